The SMILES string of the molecule is COc1cccc(C2/C(=C(\O)c3cc(Cl)ccc3OC)C(=O)C(=O)N2c2ccccc2)c1. The van der Waals surface area contributed by atoms with Crippen LogP contribution < -0.4 is 14.4 Å². The van der Waals surface area contributed by atoms with Gasteiger partial charge >= 0.3 is 0 Å². The molecule has 1 heterocycles. The van der Waals surface area contributed by atoms with Crippen molar-refractivity contribution < 1.29 is 24.2 Å². The summed E-state index contributed by atoms with van der Waals surface area (Å²) in [6.07, 6.45) is 0. The molecule has 0 bridgehead atoms. The van der Waals surface area contributed by atoms with Crippen LogP contribution in [-0.2, 0) is 9.59 Å². The van der Waals surface area contributed by atoms with E-state index in [0.717, 1.165) is 0 Å². The molecule has 1 atom stereocenters. The predicted octanol–water partition coefficient (Wildman–Crippen LogP) is 4.98. The Kier molecular flexibility index (Phi) is 5.88. The normalized spacial score (nSPS) is 17.5. The standard InChI is InChI=1S/C25H20ClNO5/c1-31-18-10-6-7-15(13-18)22-21(23(28)19-14-16(26)11-12-20(19)32-2)24(29)25(30)27(22)17-8-4-3-5-9-17/h3-14,22,28H,1-2H3/b23-21+. The van der Waals surface area contributed by atoms with Gasteiger partial charge in [0.25, 0.3) is 11.7 Å². The molecule has 3 aromatic rings. The summed E-state index contributed by atoms with van der Waals surface area (Å²) in [5.41, 5.74) is 1.29. The largest absolute Gasteiger partial charge is 0.507 e. The van der Waals surface area contributed by atoms with Crippen molar-refractivity contribution in [1.29, 1.82) is 0 Å². The fourth-order valence-corrected chi connectivity index (χ4v) is 4.00. The first-order valence-electron chi connectivity index (χ1n) is 9.80. The van der Waals surface area contributed by atoms with Crippen LogP contribution in [0.15, 0.2) is 78.4 Å². The number of benzene rings is 3. The van der Waals surface area contributed by atoms with Gasteiger partial charge in [-0.15, -0.1) is 0 Å². The van der Waals surface area contributed by atoms with Gasteiger partial charge in [-0.25, -0.2) is 0 Å². The lowest BCUT2D eigenvalue weighted by Crippen LogP contribution is -2.29. The van der Waals surface area contributed by atoms with Crippen molar-refractivity contribution in [2.24, 2.45) is 0 Å². The van der Waals surface area contributed by atoms with Crippen LogP contribution in [0.25, 0.3) is 5.76 Å². The summed E-state index contributed by atoms with van der Waals surface area (Å²) < 4.78 is 10.7. The van der Waals surface area contributed by atoms with Crippen molar-refractivity contribution in [1.82, 2.24) is 0 Å². The second kappa shape index (κ2) is 8.77. The van der Waals surface area contributed by atoms with E-state index >= 15 is 0 Å². The van der Waals surface area contributed by atoms with E-state index in [1.165, 1.54) is 25.2 Å². The van der Waals surface area contributed by atoms with E-state index in [1.54, 1.807) is 60.7 Å². The maximum absolute atomic E-state index is 13.2. The summed E-state index contributed by atoms with van der Waals surface area (Å²) in [7, 11) is 2.98. The average Bonchev–Trinajstić information content (AvgIpc) is 3.09. The summed E-state index contributed by atoms with van der Waals surface area (Å²) in [5, 5.41) is 11.6. The molecule has 1 N–H and O–H groups in total. The number of anilines is 1. The Morgan fingerprint density at radius 1 is 0.938 bits per heavy atom. The zero-order chi connectivity index (χ0) is 22.8. The van der Waals surface area contributed by atoms with Crippen molar-refractivity contribution >= 4 is 34.7 Å². The molecule has 0 radical (unpaired) electrons. The molecule has 6 nitrogen and oxygen atoms in total. The summed E-state index contributed by atoms with van der Waals surface area (Å²) in [5.74, 6) is -1.04. The molecule has 1 saturated heterocycles. The Balaban J connectivity index is 1.99. The van der Waals surface area contributed by atoms with Crippen LogP contribution in [0.3, 0.4) is 0 Å². The highest BCUT2D eigenvalue weighted by Gasteiger charge is 2.47. The summed E-state index contributed by atoms with van der Waals surface area (Å²) >= 11 is 6.14. The molecule has 1 aliphatic heterocycles. The number of ketones is 1. The zero-order valence-corrected chi connectivity index (χ0v) is 18.2. The number of hydrogen-bond acceptors (Lipinski definition) is 5. The molecule has 0 aromatic heterocycles. The molecule has 162 valence electrons. The number of ether oxygens (including phenoxy) is 2. The van der Waals surface area contributed by atoms with Gasteiger partial charge in [0, 0.05) is 10.7 Å². The molecule has 3 aromatic carbocycles. The number of hydrogen-bond donors (Lipinski definition) is 1. The van der Waals surface area contributed by atoms with Crippen LogP contribution in [0.2, 0.25) is 5.02 Å². The van der Waals surface area contributed by atoms with Gasteiger partial charge in [-0.2, -0.15) is 0 Å². The van der Waals surface area contributed by atoms with Gasteiger partial charge in [0.1, 0.15) is 17.3 Å². The minimum Gasteiger partial charge on any atom is -0.507 e. The van der Waals surface area contributed by atoms with Crippen LogP contribution in [0, 0.1) is 0 Å². The maximum Gasteiger partial charge on any atom is 0.300 e. The molecule has 1 amide bonds. The van der Waals surface area contributed by atoms with Gasteiger partial charge in [-0.05, 0) is 48.0 Å². The number of methoxy groups -OCH3 is 2. The lowest BCUT2D eigenvalue weighted by atomic mass is 9.94. The molecular weight excluding hydrogens is 430 g/mol. The predicted molar refractivity (Wildman–Crippen MR) is 122 cm³/mol. The fourth-order valence-electron chi connectivity index (χ4n) is 3.82. The Morgan fingerprint density at radius 2 is 1.69 bits per heavy atom. The van der Waals surface area contributed by atoms with Gasteiger partial charge in [-0.1, -0.05) is 41.9 Å². The lowest BCUT2D eigenvalue weighted by Gasteiger charge is -2.25. The third kappa shape index (κ3) is 3.69. The number of nitrogens with zero attached hydrogens (tertiary/aromatic N) is 1. The van der Waals surface area contributed by atoms with E-state index in [0.29, 0.717) is 27.8 Å². The van der Waals surface area contributed by atoms with Crippen LogP contribution in [0.5, 0.6) is 11.5 Å². The van der Waals surface area contributed by atoms with Gasteiger partial charge in [-0.3, -0.25) is 14.5 Å². The molecule has 0 aliphatic carbocycles. The van der Waals surface area contributed by atoms with E-state index < -0.39 is 17.7 Å². The fraction of sp³-hybridized carbons (Fsp3) is 0.120. The molecule has 1 aliphatic rings. The van der Waals surface area contributed by atoms with E-state index in [-0.39, 0.29) is 16.9 Å². The van der Waals surface area contributed by atoms with Gasteiger partial charge in [0.15, 0.2) is 0 Å². The van der Waals surface area contributed by atoms with Gasteiger partial charge < -0.3 is 14.6 Å². The van der Waals surface area contributed by atoms with Crippen LogP contribution in [-0.4, -0.2) is 31.0 Å². The first-order chi connectivity index (χ1) is 15.5. The summed E-state index contributed by atoms with van der Waals surface area (Å²) in [4.78, 5) is 27.7. The molecule has 1 unspecified atom stereocenters. The number of carbonyl (C=O) groups is 2. The highest BCUT2D eigenvalue weighted by molar-refractivity contribution is 6.51. The zero-order valence-electron chi connectivity index (χ0n) is 17.4. The van der Waals surface area contributed by atoms with Crippen molar-refractivity contribution in [2.75, 3.05) is 19.1 Å². The van der Waals surface area contributed by atoms with Crippen molar-refractivity contribution in [2.45, 2.75) is 6.04 Å². The molecule has 1 fully saturated rings. The number of Topliss-reactive ketones (excluding diaryl/α,β-unsaturated/α-hetero) is 1. The highest BCUT2D eigenvalue weighted by Crippen LogP contribution is 2.44. The number of aliphatic hydroxyl groups is 1. The van der Waals surface area contributed by atoms with Crippen LogP contribution in [0.4, 0.5) is 5.69 Å². The number of amides is 1. The first kappa shape index (κ1) is 21.5. The quantitative estimate of drug-likeness (QED) is 0.337. The Labute approximate surface area is 190 Å². The van der Waals surface area contributed by atoms with Crippen molar-refractivity contribution in [3.63, 3.8) is 0 Å². The smallest absolute Gasteiger partial charge is 0.300 e. The van der Waals surface area contributed by atoms with E-state index in [4.69, 9.17) is 21.1 Å². The number of carbonyl (C=O) groups excluding carboxylic acids is 2. The third-order valence-electron chi connectivity index (χ3n) is 5.30. The summed E-state index contributed by atoms with van der Waals surface area (Å²) in [6.45, 7) is 0. The molecular formula is C25H20ClNO5. The molecule has 0 saturated carbocycles. The topological polar surface area (TPSA) is 76.1 Å². The van der Waals surface area contributed by atoms with Crippen molar-refractivity contribution in [3.05, 3.63) is 94.5 Å². The number of para-hydroxylation sites is 1. The highest BCUT2D eigenvalue weighted by atomic mass is 35.5. The number of halogens is 1. The van der Waals surface area contributed by atoms with Crippen molar-refractivity contribution in [3.8, 4) is 11.5 Å². The monoisotopic (exact) mass is 449 g/mol. The van der Waals surface area contributed by atoms with E-state index in [9.17, 15) is 14.7 Å². The van der Waals surface area contributed by atoms with Gasteiger partial charge in [0.2, 0.25) is 0 Å². The number of rotatable bonds is 5. The Bertz CT molecular complexity index is 1220. The second-order valence-corrected chi connectivity index (χ2v) is 7.56. The lowest BCUT2D eigenvalue weighted by molar-refractivity contribution is -0.132. The summed E-state index contributed by atoms with van der Waals surface area (Å²) in [6, 6.07) is 19.7. The minimum atomic E-state index is -0.879. The molecule has 0 spiro atoms. The molecule has 4 rings (SSSR count). The van der Waals surface area contributed by atoms with Crippen LogP contribution >= 0.6 is 11.6 Å². The third-order valence-corrected chi connectivity index (χ3v) is 5.54. The van der Waals surface area contributed by atoms with Crippen LogP contribution in [0.1, 0.15) is 17.2 Å². The Morgan fingerprint density at radius 3 is 2.38 bits per heavy atom. The molecule has 7 heteroatoms. The first-order valence-corrected chi connectivity index (χ1v) is 10.2. The minimum absolute atomic E-state index is 0.0623. The number of aliphatic hydroxyl groups excluding tert-OH is 1. The van der Waals surface area contributed by atoms with E-state index in [1.807, 2.05) is 6.07 Å². The Hall–Kier alpha value is -3.77. The van der Waals surface area contributed by atoms with E-state index in [2.05, 4.69) is 0 Å². The van der Waals surface area contributed by atoms with Gasteiger partial charge in [0.05, 0.1) is 31.4 Å². The second-order valence-electron chi connectivity index (χ2n) is 7.13. The maximum atomic E-state index is 13.2. The molecule has 32 heavy (non-hydrogen) atoms. The average molecular weight is 450 g/mol.